The fourth-order valence-electron chi connectivity index (χ4n) is 2.92. The minimum atomic E-state index is -3.57. The van der Waals surface area contributed by atoms with Crippen molar-refractivity contribution in [2.24, 2.45) is 7.05 Å². The average molecular weight is 430 g/mol. The number of carbonyl (C=O) groups is 1. The Balaban J connectivity index is 2.16. The van der Waals surface area contributed by atoms with Crippen LogP contribution in [0.2, 0.25) is 0 Å². The SMILES string of the molecule is CONC(=O)c1cnccc1Nc1cccc(-c2cnn(C)c2)c1N(C)S(C)(=O)=O. The van der Waals surface area contributed by atoms with Crippen LogP contribution in [0, 0.1) is 0 Å². The number of hydrogen-bond donors (Lipinski definition) is 2. The number of carbonyl (C=O) groups excluding carboxylic acids is 1. The first kappa shape index (κ1) is 21.3. The lowest BCUT2D eigenvalue weighted by Crippen LogP contribution is -2.26. The third-order valence-corrected chi connectivity index (χ3v) is 5.57. The zero-order chi connectivity index (χ0) is 21.9. The van der Waals surface area contributed by atoms with Crippen LogP contribution >= 0.6 is 0 Å². The monoisotopic (exact) mass is 430 g/mol. The second kappa shape index (κ2) is 8.51. The van der Waals surface area contributed by atoms with Crippen molar-refractivity contribution in [2.75, 3.05) is 30.0 Å². The van der Waals surface area contributed by atoms with Crippen molar-refractivity contribution in [1.82, 2.24) is 20.2 Å². The maximum Gasteiger partial charge on any atom is 0.278 e. The number of para-hydroxylation sites is 1. The third kappa shape index (κ3) is 4.42. The molecule has 3 rings (SSSR count). The van der Waals surface area contributed by atoms with E-state index in [1.54, 1.807) is 42.3 Å². The molecule has 3 aromatic rings. The summed E-state index contributed by atoms with van der Waals surface area (Å²) in [6, 6.07) is 6.95. The number of hydroxylamine groups is 1. The number of nitrogens with zero attached hydrogens (tertiary/aromatic N) is 4. The average Bonchev–Trinajstić information content (AvgIpc) is 3.13. The molecule has 0 spiro atoms. The van der Waals surface area contributed by atoms with Crippen LogP contribution < -0.4 is 15.1 Å². The fourth-order valence-corrected chi connectivity index (χ4v) is 3.45. The van der Waals surface area contributed by atoms with E-state index < -0.39 is 15.9 Å². The Bertz CT molecular complexity index is 1180. The van der Waals surface area contributed by atoms with E-state index in [2.05, 4.69) is 20.9 Å². The van der Waals surface area contributed by atoms with Crippen molar-refractivity contribution >= 4 is 33.0 Å². The molecule has 0 atom stereocenters. The number of aromatic nitrogens is 3. The van der Waals surface area contributed by atoms with Crippen LogP contribution in [0.4, 0.5) is 17.1 Å². The summed E-state index contributed by atoms with van der Waals surface area (Å²) in [5, 5.41) is 7.34. The number of amides is 1. The van der Waals surface area contributed by atoms with Gasteiger partial charge in [0.15, 0.2) is 0 Å². The first-order chi connectivity index (χ1) is 14.2. The van der Waals surface area contributed by atoms with Gasteiger partial charge in [-0.25, -0.2) is 13.9 Å². The molecule has 0 fully saturated rings. The summed E-state index contributed by atoms with van der Waals surface area (Å²) in [7, 11) is 1.01. The maximum absolute atomic E-state index is 12.4. The molecule has 2 heterocycles. The number of anilines is 3. The van der Waals surface area contributed by atoms with Crippen LogP contribution in [0.15, 0.2) is 49.1 Å². The molecule has 0 saturated heterocycles. The maximum atomic E-state index is 12.4. The normalized spacial score (nSPS) is 11.2. The van der Waals surface area contributed by atoms with E-state index in [9.17, 15) is 13.2 Å². The summed E-state index contributed by atoms with van der Waals surface area (Å²) in [6.07, 6.45) is 7.49. The number of hydrogen-bond acceptors (Lipinski definition) is 7. The van der Waals surface area contributed by atoms with Crippen molar-refractivity contribution in [3.8, 4) is 11.1 Å². The molecular weight excluding hydrogens is 408 g/mol. The Hall–Kier alpha value is -3.44. The van der Waals surface area contributed by atoms with E-state index in [0.717, 1.165) is 11.8 Å². The molecule has 0 aliphatic carbocycles. The molecule has 0 saturated carbocycles. The van der Waals surface area contributed by atoms with Crippen LogP contribution in [0.1, 0.15) is 10.4 Å². The minimum absolute atomic E-state index is 0.235. The Kier molecular flexibility index (Phi) is 6.04. The Morgan fingerprint density at radius 2 is 1.97 bits per heavy atom. The van der Waals surface area contributed by atoms with Crippen molar-refractivity contribution in [2.45, 2.75) is 0 Å². The minimum Gasteiger partial charge on any atom is -0.353 e. The van der Waals surface area contributed by atoms with Gasteiger partial charge in [0.1, 0.15) is 0 Å². The van der Waals surface area contributed by atoms with Gasteiger partial charge in [0.05, 0.1) is 42.2 Å². The van der Waals surface area contributed by atoms with Gasteiger partial charge in [-0.15, -0.1) is 0 Å². The molecule has 2 N–H and O–H groups in total. The van der Waals surface area contributed by atoms with E-state index in [4.69, 9.17) is 4.84 Å². The highest BCUT2D eigenvalue weighted by Crippen LogP contribution is 2.39. The van der Waals surface area contributed by atoms with E-state index in [-0.39, 0.29) is 5.56 Å². The van der Waals surface area contributed by atoms with Gasteiger partial charge in [0.25, 0.3) is 5.91 Å². The molecular formula is C19H22N6O4S. The number of rotatable bonds is 7. The Morgan fingerprint density at radius 1 is 1.20 bits per heavy atom. The number of sulfonamides is 1. The lowest BCUT2D eigenvalue weighted by molar-refractivity contribution is 0.0538. The number of benzene rings is 1. The quantitative estimate of drug-likeness (QED) is 0.550. The summed E-state index contributed by atoms with van der Waals surface area (Å²) in [5.41, 5.74) is 5.25. The summed E-state index contributed by atoms with van der Waals surface area (Å²) < 4.78 is 27.6. The molecule has 1 aromatic carbocycles. The second-order valence-corrected chi connectivity index (χ2v) is 8.53. The van der Waals surface area contributed by atoms with Gasteiger partial charge in [-0.2, -0.15) is 5.10 Å². The van der Waals surface area contributed by atoms with Crippen molar-refractivity contribution in [3.63, 3.8) is 0 Å². The molecule has 158 valence electrons. The number of aryl methyl sites for hydroxylation is 1. The second-order valence-electron chi connectivity index (χ2n) is 6.52. The molecule has 30 heavy (non-hydrogen) atoms. The molecule has 11 heteroatoms. The van der Waals surface area contributed by atoms with Crippen molar-refractivity contribution < 1.29 is 18.0 Å². The summed E-state index contributed by atoms with van der Waals surface area (Å²) in [6.45, 7) is 0. The first-order valence-corrected chi connectivity index (χ1v) is 10.7. The van der Waals surface area contributed by atoms with E-state index >= 15 is 0 Å². The van der Waals surface area contributed by atoms with Gasteiger partial charge in [0, 0.05) is 43.8 Å². The predicted octanol–water partition coefficient (Wildman–Crippen LogP) is 1.91. The van der Waals surface area contributed by atoms with Gasteiger partial charge in [-0.3, -0.25) is 23.6 Å². The highest BCUT2D eigenvalue weighted by molar-refractivity contribution is 7.92. The van der Waals surface area contributed by atoms with Gasteiger partial charge in [0.2, 0.25) is 10.0 Å². The highest BCUT2D eigenvalue weighted by atomic mass is 32.2. The molecule has 10 nitrogen and oxygen atoms in total. The lowest BCUT2D eigenvalue weighted by Gasteiger charge is -2.24. The van der Waals surface area contributed by atoms with E-state index in [1.165, 1.54) is 30.9 Å². The standard InChI is InChI=1S/C19H22N6O4S/c1-24-12-13(10-21-24)14-6-5-7-17(18(14)25(2)30(4,27)28)22-16-8-9-20-11-15(16)19(26)23-29-3/h5-12H,1-4H3,(H,20,22)(H,23,26). The highest BCUT2D eigenvalue weighted by Gasteiger charge is 2.22. The predicted molar refractivity (Wildman–Crippen MR) is 114 cm³/mol. The molecule has 0 unspecified atom stereocenters. The van der Waals surface area contributed by atoms with Crippen LogP contribution in [0.3, 0.4) is 0 Å². The molecule has 2 aromatic heterocycles. The third-order valence-electron chi connectivity index (χ3n) is 4.39. The largest absolute Gasteiger partial charge is 0.353 e. The van der Waals surface area contributed by atoms with Gasteiger partial charge < -0.3 is 5.32 Å². The summed E-state index contributed by atoms with van der Waals surface area (Å²) in [4.78, 5) is 21.0. The van der Waals surface area contributed by atoms with Crippen LogP contribution in [-0.2, 0) is 21.9 Å². The topological polar surface area (TPSA) is 118 Å². The molecule has 0 radical (unpaired) electrons. The molecule has 0 aliphatic rings. The zero-order valence-electron chi connectivity index (χ0n) is 16.9. The smallest absolute Gasteiger partial charge is 0.278 e. The number of nitrogens with one attached hydrogen (secondary N) is 2. The molecule has 0 bridgehead atoms. The van der Waals surface area contributed by atoms with Crippen molar-refractivity contribution in [3.05, 3.63) is 54.6 Å². The Labute approximate surface area is 174 Å². The molecule has 1 amide bonds. The van der Waals surface area contributed by atoms with Crippen molar-refractivity contribution in [1.29, 1.82) is 0 Å². The summed E-state index contributed by atoms with van der Waals surface area (Å²) >= 11 is 0. The van der Waals surface area contributed by atoms with Gasteiger partial charge in [-0.1, -0.05) is 12.1 Å². The molecule has 0 aliphatic heterocycles. The number of pyridine rings is 1. The Morgan fingerprint density at radius 3 is 2.60 bits per heavy atom. The van der Waals surface area contributed by atoms with Gasteiger partial charge in [-0.05, 0) is 12.1 Å². The lowest BCUT2D eigenvalue weighted by atomic mass is 10.1. The first-order valence-electron chi connectivity index (χ1n) is 8.82. The zero-order valence-corrected chi connectivity index (χ0v) is 17.8. The van der Waals surface area contributed by atoms with Crippen LogP contribution in [-0.4, -0.2) is 49.5 Å². The summed E-state index contributed by atoms with van der Waals surface area (Å²) in [5.74, 6) is -0.491. The van der Waals surface area contributed by atoms with Gasteiger partial charge >= 0.3 is 0 Å². The van der Waals surface area contributed by atoms with E-state index in [0.29, 0.717) is 22.6 Å². The van der Waals surface area contributed by atoms with Crippen LogP contribution in [0.5, 0.6) is 0 Å². The van der Waals surface area contributed by atoms with E-state index in [1.807, 2.05) is 6.07 Å². The fraction of sp³-hybridized carbons (Fsp3) is 0.211. The van der Waals surface area contributed by atoms with Crippen LogP contribution in [0.25, 0.3) is 11.1 Å².